The van der Waals surface area contributed by atoms with Crippen LogP contribution in [-0.2, 0) is 4.74 Å². The molecule has 0 amide bonds. The Hall–Kier alpha value is -1.46. The predicted octanol–water partition coefficient (Wildman–Crippen LogP) is 2.88. The third-order valence-corrected chi connectivity index (χ3v) is 3.39. The average Bonchev–Trinajstić information content (AvgIpc) is 2.78. The van der Waals surface area contributed by atoms with Gasteiger partial charge in [-0.3, -0.25) is 4.98 Å². The Balaban J connectivity index is 2.13. The van der Waals surface area contributed by atoms with Crippen molar-refractivity contribution in [2.24, 2.45) is 0 Å². The van der Waals surface area contributed by atoms with Crippen LogP contribution in [0, 0.1) is 13.8 Å². The van der Waals surface area contributed by atoms with Crippen LogP contribution in [0.4, 0.5) is 5.13 Å². The van der Waals surface area contributed by atoms with Gasteiger partial charge in [0.1, 0.15) is 0 Å². The summed E-state index contributed by atoms with van der Waals surface area (Å²) < 4.78 is 4.99. The SMILES string of the molecule is COCCNc1nc(-c2ccc(C)nc2C)cs1. The molecule has 0 saturated heterocycles. The number of aromatic nitrogens is 2. The van der Waals surface area contributed by atoms with Crippen LogP contribution in [0.5, 0.6) is 0 Å². The number of nitrogens with zero attached hydrogens (tertiary/aromatic N) is 2. The molecule has 2 aromatic rings. The smallest absolute Gasteiger partial charge is 0.183 e. The van der Waals surface area contributed by atoms with Gasteiger partial charge in [0, 0.05) is 36.0 Å². The van der Waals surface area contributed by atoms with Crippen molar-refractivity contribution in [2.75, 3.05) is 25.6 Å². The van der Waals surface area contributed by atoms with Gasteiger partial charge in [-0.15, -0.1) is 11.3 Å². The van der Waals surface area contributed by atoms with Crippen LogP contribution in [0.1, 0.15) is 11.4 Å². The van der Waals surface area contributed by atoms with Crippen LogP contribution in [0.3, 0.4) is 0 Å². The molecule has 0 aliphatic heterocycles. The fourth-order valence-corrected chi connectivity index (χ4v) is 2.44. The molecular weight excluding hydrogens is 246 g/mol. The van der Waals surface area contributed by atoms with E-state index in [9.17, 15) is 0 Å². The molecular formula is C13H17N3OS. The van der Waals surface area contributed by atoms with Crippen molar-refractivity contribution in [2.45, 2.75) is 13.8 Å². The van der Waals surface area contributed by atoms with Gasteiger partial charge in [0.25, 0.3) is 0 Å². The average molecular weight is 263 g/mol. The molecule has 0 fully saturated rings. The fraction of sp³-hybridized carbons (Fsp3) is 0.385. The molecule has 2 rings (SSSR count). The highest BCUT2D eigenvalue weighted by Crippen LogP contribution is 2.26. The van der Waals surface area contributed by atoms with Gasteiger partial charge in [0.2, 0.25) is 0 Å². The van der Waals surface area contributed by atoms with Gasteiger partial charge >= 0.3 is 0 Å². The lowest BCUT2D eigenvalue weighted by Gasteiger charge is -2.03. The van der Waals surface area contributed by atoms with Gasteiger partial charge in [0.05, 0.1) is 12.3 Å². The molecule has 0 aromatic carbocycles. The van der Waals surface area contributed by atoms with Crippen molar-refractivity contribution in [3.8, 4) is 11.3 Å². The number of aryl methyl sites for hydroxylation is 2. The number of nitrogens with one attached hydrogen (secondary N) is 1. The van der Waals surface area contributed by atoms with Gasteiger partial charge in [-0.25, -0.2) is 4.98 Å². The summed E-state index contributed by atoms with van der Waals surface area (Å²) in [6.45, 7) is 5.46. The summed E-state index contributed by atoms with van der Waals surface area (Å²) >= 11 is 1.60. The van der Waals surface area contributed by atoms with E-state index in [0.717, 1.165) is 34.3 Å². The first kappa shape index (κ1) is 13.0. The van der Waals surface area contributed by atoms with E-state index >= 15 is 0 Å². The second-order valence-corrected chi connectivity index (χ2v) is 4.90. The number of hydrogen-bond acceptors (Lipinski definition) is 5. The van der Waals surface area contributed by atoms with E-state index in [2.05, 4.69) is 26.7 Å². The molecule has 2 heterocycles. The third-order valence-electron chi connectivity index (χ3n) is 2.59. The molecule has 0 atom stereocenters. The van der Waals surface area contributed by atoms with Gasteiger partial charge in [-0.05, 0) is 26.0 Å². The summed E-state index contributed by atoms with van der Waals surface area (Å²) in [6, 6.07) is 4.09. The summed E-state index contributed by atoms with van der Waals surface area (Å²) in [5, 5.41) is 6.20. The number of rotatable bonds is 5. The van der Waals surface area contributed by atoms with Crippen molar-refractivity contribution in [1.29, 1.82) is 0 Å². The molecule has 0 aliphatic rings. The van der Waals surface area contributed by atoms with Gasteiger partial charge < -0.3 is 10.1 Å². The Labute approximate surface area is 111 Å². The molecule has 18 heavy (non-hydrogen) atoms. The number of ether oxygens (including phenoxy) is 1. The van der Waals surface area contributed by atoms with Crippen molar-refractivity contribution in [3.63, 3.8) is 0 Å². The lowest BCUT2D eigenvalue weighted by Crippen LogP contribution is -2.07. The minimum Gasteiger partial charge on any atom is -0.383 e. The minimum absolute atomic E-state index is 0.681. The maximum absolute atomic E-state index is 4.99. The molecule has 96 valence electrons. The molecule has 0 radical (unpaired) electrons. The highest BCUT2D eigenvalue weighted by atomic mass is 32.1. The van der Waals surface area contributed by atoms with E-state index in [1.807, 2.05) is 19.9 Å². The Kier molecular flexibility index (Phi) is 4.28. The maximum Gasteiger partial charge on any atom is 0.183 e. The zero-order chi connectivity index (χ0) is 13.0. The van der Waals surface area contributed by atoms with Crippen LogP contribution in [0.25, 0.3) is 11.3 Å². The Morgan fingerprint density at radius 2 is 2.11 bits per heavy atom. The van der Waals surface area contributed by atoms with E-state index in [-0.39, 0.29) is 0 Å². The van der Waals surface area contributed by atoms with Crippen molar-refractivity contribution >= 4 is 16.5 Å². The van der Waals surface area contributed by atoms with Crippen molar-refractivity contribution < 1.29 is 4.74 Å². The highest BCUT2D eigenvalue weighted by molar-refractivity contribution is 7.14. The first-order chi connectivity index (χ1) is 8.70. The van der Waals surface area contributed by atoms with E-state index < -0.39 is 0 Å². The summed E-state index contributed by atoms with van der Waals surface area (Å²) in [7, 11) is 1.69. The highest BCUT2D eigenvalue weighted by Gasteiger charge is 2.07. The first-order valence-corrected chi connectivity index (χ1v) is 6.71. The lowest BCUT2D eigenvalue weighted by atomic mass is 10.1. The molecule has 5 heteroatoms. The molecule has 0 saturated carbocycles. The molecule has 0 unspecified atom stereocenters. The minimum atomic E-state index is 0.681. The monoisotopic (exact) mass is 263 g/mol. The predicted molar refractivity (Wildman–Crippen MR) is 75.2 cm³/mol. The first-order valence-electron chi connectivity index (χ1n) is 5.83. The topological polar surface area (TPSA) is 47.0 Å². The quantitative estimate of drug-likeness (QED) is 0.843. The van der Waals surface area contributed by atoms with Gasteiger partial charge in [-0.1, -0.05) is 0 Å². The van der Waals surface area contributed by atoms with Crippen molar-refractivity contribution in [1.82, 2.24) is 9.97 Å². The third kappa shape index (κ3) is 3.05. The maximum atomic E-state index is 4.99. The number of anilines is 1. The number of methoxy groups -OCH3 is 1. The zero-order valence-electron chi connectivity index (χ0n) is 10.9. The van der Waals surface area contributed by atoms with Crippen LogP contribution >= 0.6 is 11.3 Å². The summed E-state index contributed by atoms with van der Waals surface area (Å²) in [4.78, 5) is 9.01. The van der Waals surface area contributed by atoms with Crippen molar-refractivity contribution in [3.05, 3.63) is 28.9 Å². The number of hydrogen-bond donors (Lipinski definition) is 1. The van der Waals surface area contributed by atoms with Gasteiger partial charge in [0.15, 0.2) is 5.13 Å². The fourth-order valence-electron chi connectivity index (χ4n) is 1.70. The Morgan fingerprint density at radius 3 is 2.83 bits per heavy atom. The zero-order valence-corrected chi connectivity index (χ0v) is 11.7. The molecule has 1 N–H and O–H groups in total. The molecule has 2 aromatic heterocycles. The van der Waals surface area contributed by atoms with Crippen LogP contribution in [0.2, 0.25) is 0 Å². The largest absolute Gasteiger partial charge is 0.383 e. The summed E-state index contributed by atoms with van der Waals surface area (Å²) in [5.41, 5.74) is 4.12. The second kappa shape index (κ2) is 5.93. The Bertz CT molecular complexity index is 525. The summed E-state index contributed by atoms with van der Waals surface area (Å²) in [6.07, 6.45) is 0. The van der Waals surface area contributed by atoms with E-state index in [1.54, 1.807) is 18.4 Å². The number of thiazole rings is 1. The standard InChI is InChI=1S/C13H17N3OS/c1-9-4-5-11(10(2)15-9)12-8-18-13(16-12)14-6-7-17-3/h4-5,8H,6-7H2,1-3H3,(H,14,16). The van der Waals surface area contributed by atoms with E-state index in [1.165, 1.54) is 0 Å². The van der Waals surface area contributed by atoms with Crippen LogP contribution in [0.15, 0.2) is 17.5 Å². The van der Waals surface area contributed by atoms with Gasteiger partial charge in [-0.2, -0.15) is 0 Å². The Morgan fingerprint density at radius 1 is 1.28 bits per heavy atom. The molecule has 0 bridgehead atoms. The van der Waals surface area contributed by atoms with Crippen LogP contribution in [-0.4, -0.2) is 30.2 Å². The molecule has 0 aliphatic carbocycles. The number of pyridine rings is 1. The lowest BCUT2D eigenvalue weighted by molar-refractivity contribution is 0.211. The normalized spacial score (nSPS) is 10.6. The second-order valence-electron chi connectivity index (χ2n) is 4.04. The molecule has 4 nitrogen and oxygen atoms in total. The van der Waals surface area contributed by atoms with E-state index in [0.29, 0.717) is 6.61 Å². The molecule has 0 spiro atoms. The van der Waals surface area contributed by atoms with Crippen LogP contribution < -0.4 is 5.32 Å². The summed E-state index contributed by atoms with van der Waals surface area (Å²) in [5.74, 6) is 0. The van der Waals surface area contributed by atoms with E-state index in [4.69, 9.17) is 4.74 Å².